The summed E-state index contributed by atoms with van der Waals surface area (Å²) in [5.41, 5.74) is 9.78. The molecule has 0 spiro atoms. The Balaban J connectivity index is 1.15. The molecular weight excluding hydrogens is 466 g/mol. The number of morpholine rings is 1. The number of hydrogen-bond donors (Lipinski definition) is 1. The van der Waals surface area contributed by atoms with Gasteiger partial charge in [-0.25, -0.2) is 0 Å². The third kappa shape index (κ3) is 3.70. The molecule has 0 radical (unpaired) electrons. The molecule has 0 saturated carbocycles. The van der Waals surface area contributed by atoms with Gasteiger partial charge in [-0.2, -0.15) is 10.2 Å². The number of aromatic nitrogens is 4. The smallest absolute Gasteiger partial charge is 0.0963 e. The number of ether oxygens (including phenoxy) is 1. The minimum absolute atomic E-state index is 0.321. The van der Waals surface area contributed by atoms with Crippen LogP contribution in [-0.4, -0.2) is 51.2 Å². The van der Waals surface area contributed by atoms with Crippen molar-refractivity contribution in [3.63, 3.8) is 0 Å². The van der Waals surface area contributed by atoms with Crippen molar-refractivity contribution < 1.29 is 4.74 Å². The third-order valence-electron chi connectivity index (χ3n) is 7.39. The Hall–Kier alpha value is -3.26. The van der Waals surface area contributed by atoms with Crippen LogP contribution in [0.2, 0.25) is 0 Å². The molecule has 1 saturated heterocycles. The lowest BCUT2D eigenvalue weighted by molar-refractivity contribution is 0.0342. The fraction of sp³-hybridized carbons (Fsp3) is 0.310. The van der Waals surface area contributed by atoms with Gasteiger partial charge in [0.15, 0.2) is 0 Å². The van der Waals surface area contributed by atoms with Crippen molar-refractivity contribution in [1.82, 2.24) is 24.9 Å². The summed E-state index contributed by atoms with van der Waals surface area (Å²) >= 11 is 1.90. The van der Waals surface area contributed by atoms with Crippen molar-refractivity contribution in [1.29, 1.82) is 0 Å². The Labute approximate surface area is 214 Å². The molecule has 7 rings (SSSR count). The lowest BCUT2D eigenvalue weighted by Gasteiger charge is -2.26. The van der Waals surface area contributed by atoms with Gasteiger partial charge >= 0.3 is 0 Å². The van der Waals surface area contributed by atoms with Crippen LogP contribution in [0.25, 0.3) is 43.9 Å². The second-order valence-corrected chi connectivity index (χ2v) is 11.2. The molecule has 1 aliphatic carbocycles. The van der Waals surface area contributed by atoms with E-state index in [0.29, 0.717) is 6.04 Å². The molecule has 2 aliphatic rings. The van der Waals surface area contributed by atoms with Crippen LogP contribution in [0.4, 0.5) is 0 Å². The van der Waals surface area contributed by atoms with Crippen LogP contribution < -0.4 is 0 Å². The van der Waals surface area contributed by atoms with Crippen LogP contribution in [0.5, 0.6) is 0 Å². The normalized spacial score (nSPS) is 15.6. The fourth-order valence-corrected chi connectivity index (χ4v) is 6.65. The lowest BCUT2D eigenvalue weighted by atomic mass is 10.0. The van der Waals surface area contributed by atoms with Gasteiger partial charge in [0, 0.05) is 63.9 Å². The summed E-state index contributed by atoms with van der Waals surface area (Å²) in [6.45, 7) is 9.04. The fourth-order valence-electron chi connectivity index (χ4n) is 5.46. The average Bonchev–Trinajstić information content (AvgIpc) is 3.65. The molecule has 1 aliphatic heterocycles. The number of aromatic amines is 1. The molecule has 0 unspecified atom stereocenters. The van der Waals surface area contributed by atoms with Crippen LogP contribution in [0.1, 0.15) is 35.9 Å². The Kier molecular flexibility index (Phi) is 5.31. The molecule has 1 fully saturated rings. The van der Waals surface area contributed by atoms with Gasteiger partial charge in [0.2, 0.25) is 0 Å². The van der Waals surface area contributed by atoms with Gasteiger partial charge < -0.3 is 4.74 Å². The van der Waals surface area contributed by atoms with Crippen LogP contribution >= 0.6 is 11.3 Å². The zero-order valence-corrected chi connectivity index (χ0v) is 21.4. The summed E-state index contributed by atoms with van der Waals surface area (Å²) in [6.07, 6.45) is 2.88. The first-order valence-corrected chi connectivity index (χ1v) is 13.5. The standard InChI is InChI=1S/C29H29N5OS/c1-18(2)34-25-13-21(7-8-22(25)16-30-34)28-24-15-27-23(29(24)32-31-28)14-26(36-27)20-5-3-19(4-6-20)17-33-9-11-35-12-10-33/h3-8,13-14,16,18H,9-12,15,17H2,1-2H3,(H,31,32). The first-order chi connectivity index (χ1) is 17.6. The van der Waals surface area contributed by atoms with E-state index in [2.05, 4.69) is 82.2 Å². The second kappa shape index (κ2) is 8.69. The molecule has 0 atom stereocenters. The maximum Gasteiger partial charge on any atom is 0.0963 e. The first-order valence-electron chi connectivity index (χ1n) is 12.7. The summed E-state index contributed by atoms with van der Waals surface area (Å²) in [4.78, 5) is 5.20. The number of nitrogens with one attached hydrogen (secondary N) is 1. The highest BCUT2D eigenvalue weighted by molar-refractivity contribution is 7.16. The molecule has 7 heteroatoms. The minimum atomic E-state index is 0.321. The van der Waals surface area contributed by atoms with E-state index < -0.39 is 0 Å². The van der Waals surface area contributed by atoms with Crippen molar-refractivity contribution in [3.05, 3.63) is 70.7 Å². The zero-order chi connectivity index (χ0) is 24.2. The summed E-state index contributed by atoms with van der Waals surface area (Å²) in [5, 5.41) is 13.9. The van der Waals surface area contributed by atoms with Gasteiger partial charge in [0.25, 0.3) is 0 Å². The van der Waals surface area contributed by atoms with E-state index in [-0.39, 0.29) is 0 Å². The van der Waals surface area contributed by atoms with E-state index >= 15 is 0 Å². The van der Waals surface area contributed by atoms with Crippen molar-refractivity contribution in [2.75, 3.05) is 26.3 Å². The molecule has 6 nitrogen and oxygen atoms in total. The number of rotatable bonds is 5. The number of nitrogens with zero attached hydrogens (tertiary/aromatic N) is 4. The number of H-pyrrole nitrogens is 1. The zero-order valence-electron chi connectivity index (χ0n) is 20.6. The topological polar surface area (TPSA) is 59.0 Å². The van der Waals surface area contributed by atoms with E-state index in [1.165, 1.54) is 43.1 Å². The van der Waals surface area contributed by atoms with Gasteiger partial charge in [0.05, 0.1) is 36.3 Å². The second-order valence-electron chi connectivity index (χ2n) is 10.1. The van der Waals surface area contributed by atoms with Crippen LogP contribution in [-0.2, 0) is 17.7 Å². The van der Waals surface area contributed by atoms with Gasteiger partial charge in [-0.05, 0) is 37.1 Å². The minimum Gasteiger partial charge on any atom is -0.379 e. The Bertz CT molecular complexity index is 1550. The average molecular weight is 496 g/mol. The van der Waals surface area contributed by atoms with Crippen molar-refractivity contribution in [2.24, 2.45) is 0 Å². The number of benzene rings is 2. The van der Waals surface area contributed by atoms with Crippen molar-refractivity contribution in [3.8, 4) is 33.0 Å². The monoisotopic (exact) mass is 495 g/mol. The number of thiophene rings is 1. The Morgan fingerprint density at radius 3 is 2.64 bits per heavy atom. The van der Waals surface area contributed by atoms with Crippen LogP contribution in [0, 0.1) is 0 Å². The van der Waals surface area contributed by atoms with E-state index in [9.17, 15) is 0 Å². The Morgan fingerprint density at radius 1 is 1.03 bits per heavy atom. The van der Waals surface area contributed by atoms with E-state index in [1.807, 2.05) is 17.5 Å². The quantitative estimate of drug-likeness (QED) is 0.312. The van der Waals surface area contributed by atoms with Crippen LogP contribution in [0.3, 0.4) is 0 Å². The first kappa shape index (κ1) is 22.0. The highest BCUT2D eigenvalue weighted by Crippen LogP contribution is 2.46. The lowest BCUT2D eigenvalue weighted by Crippen LogP contribution is -2.35. The molecule has 4 heterocycles. The van der Waals surface area contributed by atoms with Crippen molar-refractivity contribution in [2.45, 2.75) is 32.9 Å². The van der Waals surface area contributed by atoms with Gasteiger partial charge in [0.1, 0.15) is 0 Å². The number of hydrogen-bond acceptors (Lipinski definition) is 5. The molecule has 2 aromatic carbocycles. The molecule has 36 heavy (non-hydrogen) atoms. The molecule has 0 amide bonds. The summed E-state index contributed by atoms with van der Waals surface area (Å²) < 4.78 is 7.56. The highest BCUT2D eigenvalue weighted by Gasteiger charge is 2.28. The molecule has 182 valence electrons. The maximum atomic E-state index is 5.47. The third-order valence-corrected chi connectivity index (χ3v) is 8.58. The highest BCUT2D eigenvalue weighted by atomic mass is 32.1. The molecule has 0 bridgehead atoms. The summed E-state index contributed by atoms with van der Waals surface area (Å²) in [5.74, 6) is 0. The van der Waals surface area contributed by atoms with E-state index in [1.54, 1.807) is 0 Å². The molecular formula is C29H29N5OS. The molecule has 1 N–H and O–H groups in total. The largest absolute Gasteiger partial charge is 0.379 e. The summed E-state index contributed by atoms with van der Waals surface area (Å²) in [7, 11) is 0. The predicted octanol–water partition coefficient (Wildman–Crippen LogP) is 6.14. The van der Waals surface area contributed by atoms with Crippen molar-refractivity contribution >= 4 is 22.2 Å². The Morgan fingerprint density at radius 2 is 1.83 bits per heavy atom. The maximum absolute atomic E-state index is 5.47. The van der Waals surface area contributed by atoms with Crippen LogP contribution in [0.15, 0.2) is 54.7 Å². The van der Waals surface area contributed by atoms with Gasteiger partial charge in [-0.3, -0.25) is 14.7 Å². The molecule has 3 aromatic heterocycles. The predicted molar refractivity (Wildman–Crippen MR) is 145 cm³/mol. The SMILES string of the molecule is CC(C)n1ncc2ccc(-c3n[nH]c4c3Cc3sc(-c5ccc(CN6CCOCC6)cc5)cc3-4)cc21. The van der Waals surface area contributed by atoms with E-state index in [4.69, 9.17) is 9.84 Å². The van der Waals surface area contributed by atoms with Gasteiger partial charge in [-0.15, -0.1) is 11.3 Å². The number of fused-ring (bicyclic) bond motifs is 4. The summed E-state index contributed by atoms with van der Waals surface area (Å²) in [6, 6.07) is 18.3. The van der Waals surface area contributed by atoms with E-state index in [0.717, 1.165) is 56.0 Å². The molecule has 5 aromatic rings. The van der Waals surface area contributed by atoms with Gasteiger partial charge in [-0.1, -0.05) is 36.4 Å².